The zero-order valence-electron chi connectivity index (χ0n) is 12.3. The number of benzene rings is 1. The Kier molecular flexibility index (Phi) is 3.49. The minimum Gasteiger partial charge on any atom is -0.398 e. The van der Waals surface area contributed by atoms with Gasteiger partial charge in [0.05, 0.1) is 0 Å². The van der Waals surface area contributed by atoms with E-state index < -0.39 is 0 Å². The normalized spacial score (nSPS) is 17.4. The monoisotopic (exact) mass is 270 g/mol. The molecule has 0 bridgehead atoms. The Morgan fingerprint density at radius 2 is 1.95 bits per heavy atom. The van der Waals surface area contributed by atoms with Gasteiger partial charge in [0.25, 0.3) is 0 Å². The number of nitrogens with two attached hydrogens (primary N) is 1. The standard InChI is InChI=1S/C16H22N4/c1-12-10-13-14(11-18-12)15(17)4-5-16(13)20-7-3-6-19(2)8-9-20/h4-5,10-11H,3,6-9,17H2,1-2H3. The van der Waals surface area contributed by atoms with E-state index in [2.05, 4.69) is 34.0 Å². The number of hydrogen-bond acceptors (Lipinski definition) is 4. The first-order chi connectivity index (χ1) is 9.65. The van der Waals surface area contributed by atoms with Crippen LogP contribution in [0.15, 0.2) is 24.4 Å². The number of fused-ring (bicyclic) bond motifs is 1. The van der Waals surface area contributed by atoms with Crippen LogP contribution in [0.1, 0.15) is 12.1 Å². The molecule has 4 heteroatoms. The third kappa shape index (κ3) is 2.43. The van der Waals surface area contributed by atoms with Crippen molar-refractivity contribution in [2.24, 2.45) is 0 Å². The fourth-order valence-electron chi connectivity index (χ4n) is 2.91. The van der Waals surface area contributed by atoms with E-state index in [1.54, 1.807) is 0 Å². The summed E-state index contributed by atoms with van der Waals surface area (Å²) in [5.74, 6) is 0. The molecule has 106 valence electrons. The summed E-state index contributed by atoms with van der Waals surface area (Å²) in [6.07, 6.45) is 3.10. The van der Waals surface area contributed by atoms with Crippen LogP contribution in [-0.2, 0) is 0 Å². The molecule has 1 saturated heterocycles. The van der Waals surface area contributed by atoms with Crippen molar-refractivity contribution in [1.29, 1.82) is 0 Å². The molecule has 0 amide bonds. The topological polar surface area (TPSA) is 45.4 Å². The van der Waals surface area contributed by atoms with E-state index in [1.807, 2.05) is 19.2 Å². The van der Waals surface area contributed by atoms with Crippen molar-refractivity contribution in [3.63, 3.8) is 0 Å². The second-order valence-corrected chi connectivity index (χ2v) is 5.69. The molecule has 0 aliphatic carbocycles. The zero-order chi connectivity index (χ0) is 14.1. The van der Waals surface area contributed by atoms with Crippen LogP contribution in [0.3, 0.4) is 0 Å². The molecular weight excluding hydrogens is 248 g/mol. The molecule has 0 unspecified atom stereocenters. The summed E-state index contributed by atoms with van der Waals surface area (Å²) in [6, 6.07) is 6.31. The van der Waals surface area contributed by atoms with E-state index in [0.29, 0.717) is 0 Å². The summed E-state index contributed by atoms with van der Waals surface area (Å²) in [7, 11) is 2.19. The van der Waals surface area contributed by atoms with Gasteiger partial charge in [0.15, 0.2) is 0 Å². The first-order valence-corrected chi connectivity index (χ1v) is 7.23. The lowest BCUT2D eigenvalue weighted by Gasteiger charge is -2.25. The number of pyridine rings is 1. The first kappa shape index (κ1) is 13.2. The Bertz CT molecular complexity index is 623. The van der Waals surface area contributed by atoms with Crippen LogP contribution >= 0.6 is 0 Å². The number of anilines is 2. The molecule has 2 aromatic rings. The summed E-state index contributed by atoms with van der Waals surface area (Å²) >= 11 is 0. The summed E-state index contributed by atoms with van der Waals surface area (Å²) in [5, 5.41) is 2.28. The van der Waals surface area contributed by atoms with E-state index in [4.69, 9.17) is 5.73 Å². The van der Waals surface area contributed by atoms with Crippen LogP contribution in [0.2, 0.25) is 0 Å². The molecule has 1 aromatic heterocycles. The van der Waals surface area contributed by atoms with Crippen molar-refractivity contribution >= 4 is 22.1 Å². The van der Waals surface area contributed by atoms with Crippen LogP contribution in [0.25, 0.3) is 10.8 Å². The van der Waals surface area contributed by atoms with Crippen LogP contribution in [0, 0.1) is 6.92 Å². The van der Waals surface area contributed by atoms with Crippen molar-refractivity contribution in [2.75, 3.05) is 43.9 Å². The minimum absolute atomic E-state index is 0.809. The fraction of sp³-hybridized carbons (Fsp3) is 0.438. The number of hydrogen-bond donors (Lipinski definition) is 1. The van der Waals surface area contributed by atoms with E-state index in [-0.39, 0.29) is 0 Å². The van der Waals surface area contributed by atoms with Crippen LogP contribution in [-0.4, -0.2) is 43.1 Å². The van der Waals surface area contributed by atoms with E-state index in [9.17, 15) is 0 Å². The molecule has 1 aliphatic heterocycles. The van der Waals surface area contributed by atoms with Gasteiger partial charge in [-0.25, -0.2) is 0 Å². The maximum atomic E-state index is 6.09. The average molecular weight is 270 g/mol. The molecule has 3 rings (SSSR count). The summed E-state index contributed by atoms with van der Waals surface area (Å²) in [5.41, 5.74) is 9.22. The van der Waals surface area contributed by atoms with Crippen molar-refractivity contribution < 1.29 is 0 Å². The zero-order valence-corrected chi connectivity index (χ0v) is 12.3. The van der Waals surface area contributed by atoms with Gasteiger partial charge in [-0.15, -0.1) is 0 Å². The molecule has 0 radical (unpaired) electrons. The third-order valence-corrected chi connectivity index (χ3v) is 4.11. The number of likely N-dealkylation sites (N-methyl/N-ethyl adjacent to an activating group) is 1. The van der Waals surface area contributed by atoms with Gasteiger partial charge in [-0.3, -0.25) is 4.98 Å². The number of rotatable bonds is 1. The molecule has 1 fully saturated rings. The van der Waals surface area contributed by atoms with Gasteiger partial charge in [0.2, 0.25) is 0 Å². The largest absolute Gasteiger partial charge is 0.398 e. The molecule has 0 spiro atoms. The lowest BCUT2D eigenvalue weighted by Crippen LogP contribution is -2.28. The number of aromatic nitrogens is 1. The smallest absolute Gasteiger partial charge is 0.0449 e. The molecule has 4 nitrogen and oxygen atoms in total. The van der Waals surface area contributed by atoms with Gasteiger partial charge in [-0.05, 0) is 45.1 Å². The first-order valence-electron chi connectivity index (χ1n) is 7.23. The second-order valence-electron chi connectivity index (χ2n) is 5.69. The minimum atomic E-state index is 0.809. The fourth-order valence-corrected chi connectivity index (χ4v) is 2.91. The lowest BCUT2D eigenvalue weighted by atomic mass is 10.1. The molecule has 1 aliphatic rings. The maximum absolute atomic E-state index is 6.09. The molecular formula is C16H22N4. The SMILES string of the molecule is Cc1cc2c(N3CCCN(C)CC3)ccc(N)c2cn1. The molecule has 0 saturated carbocycles. The van der Waals surface area contributed by atoms with Gasteiger partial charge in [-0.2, -0.15) is 0 Å². The molecule has 0 atom stereocenters. The van der Waals surface area contributed by atoms with Crippen molar-refractivity contribution in [2.45, 2.75) is 13.3 Å². The van der Waals surface area contributed by atoms with E-state index >= 15 is 0 Å². The lowest BCUT2D eigenvalue weighted by molar-refractivity contribution is 0.360. The van der Waals surface area contributed by atoms with Gasteiger partial charge < -0.3 is 15.5 Å². The number of nitrogens with zero attached hydrogens (tertiary/aromatic N) is 3. The average Bonchev–Trinajstić information content (AvgIpc) is 2.64. The second kappa shape index (κ2) is 5.29. The van der Waals surface area contributed by atoms with Gasteiger partial charge in [0, 0.05) is 53.7 Å². The molecule has 2 N–H and O–H groups in total. The number of aryl methyl sites for hydroxylation is 1. The maximum Gasteiger partial charge on any atom is 0.0449 e. The summed E-state index contributed by atoms with van der Waals surface area (Å²) in [6.45, 7) is 6.48. The number of nitrogen functional groups attached to an aromatic ring is 1. The third-order valence-electron chi connectivity index (χ3n) is 4.11. The predicted molar refractivity (Wildman–Crippen MR) is 85.2 cm³/mol. The Morgan fingerprint density at radius 1 is 1.10 bits per heavy atom. The highest BCUT2D eigenvalue weighted by molar-refractivity contribution is 6.01. The van der Waals surface area contributed by atoms with Crippen molar-refractivity contribution in [3.8, 4) is 0 Å². The Labute approximate surface area is 120 Å². The van der Waals surface area contributed by atoms with E-state index in [0.717, 1.165) is 36.4 Å². The molecule has 1 aromatic carbocycles. The highest BCUT2D eigenvalue weighted by atomic mass is 15.2. The van der Waals surface area contributed by atoms with Gasteiger partial charge in [0.1, 0.15) is 0 Å². The Balaban J connectivity index is 2.06. The van der Waals surface area contributed by atoms with Gasteiger partial charge in [-0.1, -0.05) is 0 Å². The van der Waals surface area contributed by atoms with Gasteiger partial charge >= 0.3 is 0 Å². The summed E-state index contributed by atoms with van der Waals surface area (Å²) < 4.78 is 0. The van der Waals surface area contributed by atoms with Crippen molar-refractivity contribution in [3.05, 3.63) is 30.1 Å². The molecule has 20 heavy (non-hydrogen) atoms. The highest BCUT2D eigenvalue weighted by Gasteiger charge is 2.15. The quantitative estimate of drug-likeness (QED) is 0.807. The van der Waals surface area contributed by atoms with Crippen LogP contribution in [0.4, 0.5) is 11.4 Å². The highest BCUT2D eigenvalue weighted by Crippen LogP contribution is 2.31. The van der Waals surface area contributed by atoms with E-state index in [1.165, 1.54) is 24.0 Å². The predicted octanol–water partition coefficient (Wildman–Crippen LogP) is 2.27. The summed E-state index contributed by atoms with van der Waals surface area (Å²) in [4.78, 5) is 9.25. The van der Waals surface area contributed by atoms with Crippen LogP contribution in [0.5, 0.6) is 0 Å². The Hall–Kier alpha value is -1.81. The Morgan fingerprint density at radius 3 is 2.80 bits per heavy atom. The van der Waals surface area contributed by atoms with Crippen molar-refractivity contribution in [1.82, 2.24) is 9.88 Å². The van der Waals surface area contributed by atoms with Crippen LogP contribution < -0.4 is 10.6 Å². The molecule has 2 heterocycles.